The van der Waals surface area contributed by atoms with Crippen LogP contribution in [0.4, 0.5) is 10.1 Å². The van der Waals surface area contributed by atoms with E-state index < -0.39 is 18.0 Å². The monoisotopic (exact) mass is 437 g/mol. The number of hydrogen-bond acceptors (Lipinski definition) is 3. The molecule has 0 aliphatic carbocycles. The summed E-state index contributed by atoms with van der Waals surface area (Å²) in [6.45, 7) is 0. The van der Waals surface area contributed by atoms with Gasteiger partial charge in [-0.05, 0) is 29.3 Å². The first-order valence-electron chi connectivity index (χ1n) is 8.16. The summed E-state index contributed by atoms with van der Waals surface area (Å²) in [7, 11) is 0. The van der Waals surface area contributed by atoms with E-state index in [2.05, 4.69) is 5.32 Å². The smallest absolute Gasteiger partial charge is 0.339 e. The largest absolute Gasteiger partial charge is 0.478 e. The lowest BCUT2D eigenvalue weighted by Crippen LogP contribution is -2.26. The minimum absolute atomic E-state index is 0.0502. The minimum atomic E-state index is -1.87. The second-order valence-corrected chi connectivity index (χ2v) is 7.64. The van der Waals surface area contributed by atoms with Gasteiger partial charge in [0.05, 0.1) is 10.6 Å². The molecule has 0 saturated heterocycles. The molecule has 2 aromatic carbocycles. The molecule has 0 saturated carbocycles. The Morgan fingerprint density at radius 3 is 2.43 bits per heavy atom. The van der Waals surface area contributed by atoms with Crippen molar-refractivity contribution in [2.45, 2.75) is 12.6 Å². The van der Waals surface area contributed by atoms with Crippen LogP contribution >= 0.6 is 34.5 Å². The molecule has 1 unspecified atom stereocenters. The van der Waals surface area contributed by atoms with Crippen LogP contribution in [0.2, 0.25) is 10.0 Å². The molecule has 28 heavy (non-hydrogen) atoms. The number of carbonyl (C=O) groups excluding carboxylic acids is 1. The highest BCUT2D eigenvalue weighted by atomic mass is 35.5. The van der Waals surface area contributed by atoms with Crippen LogP contribution in [0, 0.1) is 0 Å². The first-order valence-corrected chi connectivity index (χ1v) is 9.79. The summed E-state index contributed by atoms with van der Waals surface area (Å²) in [5.74, 6) is -2.15. The van der Waals surface area contributed by atoms with Crippen LogP contribution in [0.15, 0.2) is 53.9 Å². The van der Waals surface area contributed by atoms with Gasteiger partial charge in [0.1, 0.15) is 5.56 Å². The molecule has 0 aliphatic heterocycles. The third kappa shape index (κ3) is 4.52. The molecule has 0 aliphatic rings. The van der Waals surface area contributed by atoms with E-state index in [-0.39, 0.29) is 17.7 Å². The van der Waals surface area contributed by atoms with Crippen LogP contribution in [-0.2, 0) is 11.2 Å². The van der Waals surface area contributed by atoms with Crippen LogP contribution < -0.4 is 5.32 Å². The van der Waals surface area contributed by atoms with Crippen molar-refractivity contribution in [1.82, 2.24) is 0 Å². The van der Waals surface area contributed by atoms with Crippen molar-refractivity contribution in [3.63, 3.8) is 0 Å². The molecule has 4 nitrogen and oxygen atoms in total. The number of carboxylic acids is 1. The highest BCUT2D eigenvalue weighted by Crippen LogP contribution is 2.36. The zero-order chi connectivity index (χ0) is 20.3. The third-order valence-electron chi connectivity index (χ3n) is 4.01. The normalized spacial score (nSPS) is 11.8. The standard InChI is InChI=1S/C20H14Cl2FNO3S/c21-13-7-5-11(6-8-13)18-17(20(26)27)16(10-28-18)24-19(25)15(23)9-12-3-1-2-4-14(12)22/h1-8,10,15H,9H2,(H,24,25)(H,26,27). The Kier molecular flexibility index (Phi) is 6.34. The molecular weight excluding hydrogens is 424 g/mol. The molecule has 8 heteroatoms. The van der Waals surface area contributed by atoms with Gasteiger partial charge in [0.25, 0.3) is 5.91 Å². The number of rotatable bonds is 6. The summed E-state index contributed by atoms with van der Waals surface area (Å²) < 4.78 is 14.4. The molecule has 0 spiro atoms. The van der Waals surface area contributed by atoms with Crippen molar-refractivity contribution in [1.29, 1.82) is 0 Å². The number of nitrogens with one attached hydrogen (secondary N) is 1. The number of aromatic carboxylic acids is 1. The van der Waals surface area contributed by atoms with E-state index in [0.29, 0.717) is 26.0 Å². The van der Waals surface area contributed by atoms with Gasteiger partial charge >= 0.3 is 5.97 Å². The lowest BCUT2D eigenvalue weighted by Gasteiger charge is -2.11. The molecular formula is C20H14Cl2FNO3S. The molecule has 1 amide bonds. The Balaban J connectivity index is 1.82. The predicted octanol–water partition coefficient (Wildman–Crippen LogP) is 5.94. The van der Waals surface area contributed by atoms with Crippen LogP contribution in [-0.4, -0.2) is 23.2 Å². The summed E-state index contributed by atoms with van der Waals surface area (Å²) in [6, 6.07) is 13.3. The number of alkyl halides is 1. The number of amides is 1. The van der Waals surface area contributed by atoms with Gasteiger partial charge in [-0.3, -0.25) is 4.79 Å². The molecule has 1 aromatic heterocycles. The number of hydrogen-bond donors (Lipinski definition) is 2. The maximum Gasteiger partial charge on any atom is 0.339 e. The maximum absolute atomic E-state index is 14.4. The number of halogens is 3. The van der Waals surface area contributed by atoms with Gasteiger partial charge in [-0.25, -0.2) is 9.18 Å². The lowest BCUT2D eigenvalue weighted by atomic mass is 10.1. The molecule has 144 valence electrons. The molecule has 0 fully saturated rings. The molecule has 2 N–H and O–H groups in total. The van der Waals surface area contributed by atoms with Gasteiger partial charge in [-0.1, -0.05) is 53.5 Å². The highest BCUT2D eigenvalue weighted by Gasteiger charge is 2.25. The van der Waals surface area contributed by atoms with E-state index in [1.807, 2.05) is 0 Å². The topological polar surface area (TPSA) is 66.4 Å². The van der Waals surface area contributed by atoms with Crippen molar-refractivity contribution in [3.8, 4) is 10.4 Å². The fourth-order valence-electron chi connectivity index (χ4n) is 2.64. The van der Waals surface area contributed by atoms with Crippen LogP contribution in [0.25, 0.3) is 10.4 Å². The minimum Gasteiger partial charge on any atom is -0.478 e. The molecule has 0 bridgehead atoms. The number of carboxylic acid groups (broad SMARTS) is 1. The Morgan fingerprint density at radius 1 is 1.11 bits per heavy atom. The van der Waals surface area contributed by atoms with Crippen molar-refractivity contribution in [3.05, 3.63) is 75.1 Å². The molecule has 3 rings (SSSR count). The molecule has 3 aromatic rings. The van der Waals surface area contributed by atoms with Crippen molar-refractivity contribution < 1.29 is 19.1 Å². The van der Waals surface area contributed by atoms with Gasteiger partial charge in [-0.2, -0.15) is 0 Å². The van der Waals surface area contributed by atoms with E-state index in [1.165, 1.54) is 5.38 Å². The van der Waals surface area contributed by atoms with Crippen LogP contribution in [0.3, 0.4) is 0 Å². The fourth-order valence-corrected chi connectivity index (χ4v) is 3.98. The molecule has 0 radical (unpaired) electrons. The zero-order valence-electron chi connectivity index (χ0n) is 14.3. The van der Waals surface area contributed by atoms with Gasteiger partial charge in [0.2, 0.25) is 0 Å². The zero-order valence-corrected chi connectivity index (χ0v) is 16.6. The van der Waals surface area contributed by atoms with E-state index in [0.717, 1.165) is 11.3 Å². The van der Waals surface area contributed by atoms with Crippen LogP contribution in [0.5, 0.6) is 0 Å². The number of carbonyl (C=O) groups is 2. The summed E-state index contributed by atoms with van der Waals surface area (Å²) in [6.07, 6.45) is -2.08. The number of anilines is 1. The van der Waals surface area contributed by atoms with Crippen molar-refractivity contribution in [2.24, 2.45) is 0 Å². The van der Waals surface area contributed by atoms with Gasteiger partial charge in [0, 0.05) is 21.8 Å². The fraction of sp³-hybridized carbons (Fsp3) is 0.100. The quantitative estimate of drug-likeness (QED) is 0.501. The predicted molar refractivity (Wildman–Crippen MR) is 110 cm³/mol. The first kappa shape index (κ1) is 20.3. The number of thiophene rings is 1. The first-order chi connectivity index (χ1) is 13.4. The molecule has 1 atom stereocenters. The average molecular weight is 438 g/mol. The van der Waals surface area contributed by atoms with Gasteiger partial charge < -0.3 is 10.4 Å². The van der Waals surface area contributed by atoms with Crippen molar-refractivity contribution >= 4 is 52.1 Å². The summed E-state index contributed by atoms with van der Waals surface area (Å²) in [5.41, 5.74) is 1.09. The second kappa shape index (κ2) is 8.73. The number of benzene rings is 2. The third-order valence-corrected chi connectivity index (χ3v) is 5.66. The molecule has 1 heterocycles. The Bertz CT molecular complexity index is 1020. The maximum atomic E-state index is 14.4. The van der Waals surface area contributed by atoms with Gasteiger partial charge in [-0.15, -0.1) is 11.3 Å². The Morgan fingerprint density at radius 2 is 1.79 bits per heavy atom. The van der Waals surface area contributed by atoms with E-state index in [4.69, 9.17) is 23.2 Å². The van der Waals surface area contributed by atoms with E-state index in [9.17, 15) is 19.1 Å². The Labute approximate surface area is 174 Å². The van der Waals surface area contributed by atoms with Crippen molar-refractivity contribution in [2.75, 3.05) is 5.32 Å². The highest BCUT2D eigenvalue weighted by molar-refractivity contribution is 7.14. The summed E-state index contributed by atoms with van der Waals surface area (Å²) >= 11 is 13.0. The van der Waals surface area contributed by atoms with Gasteiger partial charge in [0.15, 0.2) is 6.17 Å². The van der Waals surface area contributed by atoms with E-state index in [1.54, 1.807) is 48.5 Å². The Hall–Kier alpha value is -2.41. The lowest BCUT2D eigenvalue weighted by molar-refractivity contribution is -0.120. The average Bonchev–Trinajstić information content (AvgIpc) is 3.08. The van der Waals surface area contributed by atoms with Crippen LogP contribution in [0.1, 0.15) is 15.9 Å². The summed E-state index contributed by atoms with van der Waals surface area (Å²) in [5, 5.41) is 14.3. The summed E-state index contributed by atoms with van der Waals surface area (Å²) in [4.78, 5) is 24.5. The van der Waals surface area contributed by atoms with E-state index >= 15 is 0 Å². The SMILES string of the molecule is O=C(O)c1c(NC(=O)C(F)Cc2ccccc2Cl)csc1-c1ccc(Cl)cc1. The second-order valence-electron chi connectivity index (χ2n) is 5.92.